The van der Waals surface area contributed by atoms with E-state index < -0.39 is 6.04 Å². The molecule has 0 radical (unpaired) electrons. The highest BCUT2D eigenvalue weighted by molar-refractivity contribution is 5.96. The van der Waals surface area contributed by atoms with Crippen molar-refractivity contribution < 1.29 is 9.18 Å². The van der Waals surface area contributed by atoms with E-state index in [4.69, 9.17) is 0 Å². The lowest BCUT2D eigenvalue weighted by molar-refractivity contribution is -0.114. The molecule has 5 nitrogen and oxygen atoms in total. The summed E-state index contributed by atoms with van der Waals surface area (Å²) in [5.74, 6) is 0.121. The number of carbonyl (C=O) groups is 1. The Kier molecular flexibility index (Phi) is 2.85. The highest BCUT2D eigenvalue weighted by Crippen LogP contribution is 2.34. The standard InChI is InChI=1S/C14H13FN4O/c1-8-12(9(2)20)13(10-4-3-5-11(15)6-10)19-14(18-8)16-7-17-19/h3-7,13H,1-2H3,(H,16,17,18)/t13-/m1/s1. The van der Waals surface area contributed by atoms with Gasteiger partial charge < -0.3 is 5.32 Å². The number of hydrogen-bond acceptors (Lipinski definition) is 4. The van der Waals surface area contributed by atoms with E-state index >= 15 is 0 Å². The highest BCUT2D eigenvalue weighted by atomic mass is 19.1. The number of halogens is 1. The zero-order valence-electron chi connectivity index (χ0n) is 11.1. The summed E-state index contributed by atoms with van der Waals surface area (Å²) in [6, 6.07) is 5.73. The predicted octanol–water partition coefficient (Wildman–Crippen LogP) is 2.30. The Labute approximate surface area is 115 Å². The van der Waals surface area contributed by atoms with Gasteiger partial charge in [-0.05, 0) is 31.5 Å². The normalized spacial score (nSPS) is 17.6. The van der Waals surface area contributed by atoms with E-state index in [1.54, 1.807) is 23.7 Å². The Morgan fingerprint density at radius 2 is 2.25 bits per heavy atom. The molecular formula is C14H13FN4O. The lowest BCUT2D eigenvalue weighted by atomic mass is 9.93. The van der Waals surface area contributed by atoms with Gasteiger partial charge in [0.05, 0.1) is 0 Å². The molecule has 1 atom stereocenters. The molecule has 0 saturated heterocycles. The average molecular weight is 272 g/mol. The number of allylic oxidation sites excluding steroid dienone is 2. The smallest absolute Gasteiger partial charge is 0.226 e. The maximum atomic E-state index is 13.5. The molecular weight excluding hydrogens is 259 g/mol. The number of ketones is 1. The summed E-state index contributed by atoms with van der Waals surface area (Å²) < 4.78 is 15.1. The number of Topliss-reactive ketones (excluding diaryl/α,β-unsaturated/α-hetero) is 1. The van der Waals surface area contributed by atoms with Crippen molar-refractivity contribution in [1.29, 1.82) is 0 Å². The van der Waals surface area contributed by atoms with Crippen LogP contribution >= 0.6 is 0 Å². The fourth-order valence-electron chi connectivity index (χ4n) is 2.53. The molecule has 1 aliphatic heterocycles. The lowest BCUT2D eigenvalue weighted by Crippen LogP contribution is -2.27. The van der Waals surface area contributed by atoms with Crippen molar-refractivity contribution in [2.24, 2.45) is 0 Å². The topological polar surface area (TPSA) is 59.8 Å². The number of nitrogens with one attached hydrogen (secondary N) is 1. The molecule has 0 saturated carbocycles. The number of carbonyl (C=O) groups excluding carboxylic acids is 1. The summed E-state index contributed by atoms with van der Waals surface area (Å²) in [4.78, 5) is 16.1. The first-order valence-electron chi connectivity index (χ1n) is 6.21. The molecule has 0 aliphatic carbocycles. The van der Waals surface area contributed by atoms with Gasteiger partial charge in [-0.2, -0.15) is 10.1 Å². The van der Waals surface area contributed by atoms with Crippen LogP contribution in [-0.2, 0) is 4.79 Å². The van der Waals surface area contributed by atoms with Crippen LogP contribution < -0.4 is 5.32 Å². The number of fused-ring (bicyclic) bond motifs is 1. The molecule has 0 bridgehead atoms. The minimum atomic E-state index is -0.457. The Morgan fingerprint density at radius 3 is 2.95 bits per heavy atom. The largest absolute Gasteiger partial charge is 0.328 e. The molecule has 1 aromatic heterocycles. The number of anilines is 1. The summed E-state index contributed by atoms with van der Waals surface area (Å²) in [7, 11) is 0. The molecule has 6 heteroatoms. The van der Waals surface area contributed by atoms with Crippen LogP contribution in [0, 0.1) is 5.82 Å². The van der Waals surface area contributed by atoms with Crippen LogP contribution in [0.2, 0.25) is 0 Å². The zero-order chi connectivity index (χ0) is 14.3. The van der Waals surface area contributed by atoms with Crippen LogP contribution in [0.1, 0.15) is 25.5 Å². The van der Waals surface area contributed by atoms with Crippen molar-refractivity contribution >= 4 is 11.7 Å². The van der Waals surface area contributed by atoms with E-state index in [0.717, 1.165) is 0 Å². The number of nitrogens with zero attached hydrogens (tertiary/aromatic N) is 3. The van der Waals surface area contributed by atoms with Gasteiger partial charge in [0, 0.05) is 11.3 Å². The van der Waals surface area contributed by atoms with E-state index in [-0.39, 0.29) is 11.6 Å². The van der Waals surface area contributed by atoms with Crippen molar-refractivity contribution in [2.75, 3.05) is 5.32 Å². The van der Waals surface area contributed by atoms with E-state index in [1.165, 1.54) is 25.4 Å². The minimum absolute atomic E-state index is 0.0783. The molecule has 1 N–H and O–H groups in total. The fourth-order valence-corrected chi connectivity index (χ4v) is 2.53. The summed E-state index contributed by atoms with van der Waals surface area (Å²) >= 11 is 0. The van der Waals surface area contributed by atoms with E-state index in [0.29, 0.717) is 22.8 Å². The molecule has 102 valence electrons. The molecule has 2 aromatic rings. The SMILES string of the molecule is CC(=O)C1=C(C)Nc2ncnn2[C@@H]1c1cccc(F)c1. The predicted molar refractivity (Wildman–Crippen MR) is 71.6 cm³/mol. The van der Waals surface area contributed by atoms with Gasteiger partial charge in [-0.15, -0.1) is 0 Å². The van der Waals surface area contributed by atoms with Crippen molar-refractivity contribution in [2.45, 2.75) is 19.9 Å². The van der Waals surface area contributed by atoms with Gasteiger partial charge in [0.15, 0.2) is 5.78 Å². The maximum Gasteiger partial charge on any atom is 0.226 e. The summed E-state index contributed by atoms with van der Waals surface area (Å²) in [5.41, 5.74) is 1.95. The Balaban J connectivity index is 2.22. The second kappa shape index (κ2) is 4.56. The van der Waals surface area contributed by atoms with Gasteiger partial charge in [-0.3, -0.25) is 4.79 Å². The van der Waals surface area contributed by atoms with Gasteiger partial charge in [0.25, 0.3) is 0 Å². The van der Waals surface area contributed by atoms with Crippen LogP contribution in [-0.4, -0.2) is 20.5 Å². The van der Waals surface area contributed by atoms with Gasteiger partial charge in [0.1, 0.15) is 18.2 Å². The van der Waals surface area contributed by atoms with Gasteiger partial charge in [-0.25, -0.2) is 9.07 Å². The molecule has 1 aliphatic rings. The third kappa shape index (κ3) is 1.89. The molecule has 0 amide bonds. The molecule has 0 fully saturated rings. The highest BCUT2D eigenvalue weighted by Gasteiger charge is 2.31. The number of benzene rings is 1. The molecule has 1 aromatic carbocycles. The number of rotatable bonds is 2. The second-order valence-electron chi connectivity index (χ2n) is 4.71. The van der Waals surface area contributed by atoms with Crippen LogP contribution in [0.5, 0.6) is 0 Å². The van der Waals surface area contributed by atoms with Crippen molar-refractivity contribution in [3.8, 4) is 0 Å². The summed E-state index contributed by atoms with van der Waals surface area (Å²) in [5, 5.41) is 7.19. The van der Waals surface area contributed by atoms with E-state index in [9.17, 15) is 9.18 Å². The quantitative estimate of drug-likeness (QED) is 0.911. The second-order valence-corrected chi connectivity index (χ2v) is 4.71. The van der Waals surface area contributed by atoms with Crippen LogP contribution in [0.25, 0.3) is 0 Å². The molecule has 3 rings (SSSR count). The third-order valence-electron chi connectivity index (χ3n) is 3.34. The Morgan fingerprint density at radius 1 is 1.45 bits per heavy atom. The van der Waals surface area contributed by atoms with Gasteiger partial charge in [-0.1, -0.05) is 12.1 Å². The maximum absolute atomic E-state index is 13.5. The average Bonchev–Trinajstić information content (AvgIpc) is 2.84. The van der Waals surface area contributed by atoms with Crippen molar-refractivity contribution in [1.82, 2.24) is 14.8 Å². The first-order valence-corrected chi connectivity index (χ1v) is 6.21. The van der Waals surface area contributed by atoms with Crippen LogP contribution in [0.3, 0.4) is 0 Å². The van der Waals surface area contributed by atoms with Gasteiger partial charge in [0.2, 0.25) is 5.95 Å². The van der Waals surface area contributed by atoms with Gasteiger partial charge >= 0.3 is 0 Å². The summed E-state index contributed by atoms with van der Waals surface area (Å²) in [6.07, 6.45) is 1.41. The molecule has 20 heavy (non-hydrogen) atoms. The molecule has 0 spiro atoms. The van der Waals surface area contributed by atoms with E-state index in [1.807, 2.05) is 0 Å². The Hall–Kier alpha value is -2.50. The number of aromatic nitrogens is 3. The van der Waals surface area contributed by atoms with Crippen LogP contribution in [0.15, 0.2) is 41.9 Å². The van der Waals surface area contributed by atoms with E-state index in [2.05, 4.69) is 15.4 Å². The molecule has 0 unspecified atom stereocenters. The molecule has 2 heterocycles. The monoisotopic (exact) mass is 272 g/mol. The zero-order valence-corrected chi connectivity index (χ0v) is 11.1. The fraction of sp³-hybridized carbons (Fsp3) is 0.214. The first-order chi connectivity index (χ1) is 9.58. The Bertz CT molecular complexity index is 719. The minimum Gasteiger partial charge on any atom is -0.328 e. The summed E-state index contributed by atoms with van der Waals surface area (Å²) in [6.45, 7) is 3.30. The first kappa shape index (κ1) is 12.5. The number of hydrogen-bond donors (Lipinski definition) is 1. The van der Waals surface area contributed by atoms with Crippen molar-refractivity contribution in [3.63, 3.8) is 0 Å². The third-order valence-corrected chi connectivity index (χ3v) is 3.34. The van der Waals surface area contributed by atoms with Crippen LogP contribution in [0.4, 0.5) is 10.3 Å². The lowest BCUT2D eigenvalue weighted by Gasteiger charge is -2.28. The van der Waals surface area contributed by atoms with Crippen molar-refractivity contribution in [3.05, 3.63) is 53.2 Å².